The first kappa shape index (κ1) is 21.6. The number of benzene rings is 2. The molecular weight excluding hydrogens is 451 g/mol. The van der Waals surface area contributed by atoms with Crippen molar-refractivity contribution in [3.8, 4) is 5.75 Å². The highest BCUT2D eigenvalue weighted by atomic mass is 35.5. The normalized spacial score (nSPS) is 16.1. The molecule has 9 nitrogen and oxygen atoms in total. The summed E-state index contributed by atoms with van der Waals surface area (Å²) in [5, 5.41) is 20.8. The first-order valence-corrected chi connectivity index (χ1v) is 9.60. The number of nitrogens with zero attached hydrogens (tertiary/aromatic N) is 6. The second-order valence-corrected chi connectivity index (χ2v) is 7.19. The molecule has 4 rings (SSSR count). The number of ether oxygens (including phenoxy) is 1. The molecule has 13 heteroatoms. The SMILES string of the molecule is Cc1nnn(C2CN(C(=O)Nc3ccc(OC(F)(F)F)cc3)N=C2c2ccc(Cl)cc2)n1. The van der Waals surface area contributed by atoms with Gasteiger partial charge in [0.1, 0.15) is 11.8 Å². The summed E-state index contributed by atoms with van der Waals surface area (Å²) >= 11 is 5.97. The summed E-state index contributed by atoms with van der Waals surface area (Å²) in [6.07, 6.45) is -4.80. The van der Waals surface area contributed by atoms with Crippen molar-refractivity contribution < 1.29 is 22.7 Å². The molecule has 0 bridgehead atoms. The Morgan fingerprint density at radius 3 is 2.44 bits per heavy atom. The molecule has 1 aliphatic heterocycles. The molecule has 3 aromatic rings. The van der Waals surface area contributed by atoms with Crippen LogP contribution in [0.3, 0.4) is 0 Å². The van der Waals surface area contributed by atoms with Crippen LogP contribution in [0.15, 0.2) is 53.6 Å². The van der Waals surface area contributed by atoms with Crippen LogP contribution in [0.5, 0.6) is 5.75 Å². The first-order chi connectivity index (χ1) is 15.2. The van der Waals surface area contributed by atoms with E-state index in [9.17, 15) is 18.0 Å². The van der Waals surface area contributed by atoms with Gasteiger partial charge in [-0.1, -0.05) is 23.7 Å². The molecular formula is C19H15ClF3N7O2. The summed E-state index contributed by atoms with van der Waals surface area (Å²) in [5.41, 5.74) is 1.52. The Balaban J connectivity index is 1.53. The molecule has 0 aliphatic carbocycles. The smallest absolute Gasteiger partial charge is 0.406 e. The fourth-order valence-corrected chi connectivity index (χ4v) is 3.15. The van der Waals surface area contributed by atoms with E-state index in [4.69, 9.17) is 11.6 Å². The fraction of sp³-hybridized carbons (Fsp3) is 0.211. The van der Waals surface area contributed by atoms with E-state index in [0.717, 1.165) is 17.7 Å². The second-order valence-electron chi connectivity index (χ2n) is 6.75. The maximum atomic E-state index is 12.8. The largest absolute Gasteiger partial charge is 0.573 e. The second kappa shape index (κ2) is 8.46. The zero-order valence-electron chi connectivity index (χ0n) is 16.4. The number of hydrazone groups is 1. The van der Waals surface area contributed by atoms with Crippen LogP contribution in [-0.4, -0.2) is 49.9 Å². The van der Waals surface area contributed by atoms with Gasteiger partial charge in [0.2, 0.25) is 0 Å². The van der Waals surface area contributed by atoms with E-state index in [1.807, 2.05) is 0 Å². The van der Waals surface area contributed by atoms with Crippen LogP contribution in [0.1, 0.15) is 17.4 Å². The number of halogens is 4. The van der Waals surface area contributed by atoms with Gasteiger partial charge in [-0.2, -0.15) is 9.90 Å². The number of nitrogens with one attached hydrogen (secondary N) is 1. The number of anilines is 1. The Hall–Kier alpha value is -3.67. The third-order valence-corrected chi connectivity index (χ3v) is 4.66. The molecule has 0 spiro atoms. The Bertz CT molecular complexity index is 1150. The number of amides is 2. The van der Waals surface area contributed by atoms with Crippen molar-refractivity contribution in [1.82, 2.24) is 25.2 Å². The van der Waals surface area contributed by atoms with Crippen molar-refractivity contribution in [3.05, 3.63) is 64.9 Å². The molecule has 1 N–H and O–H groups in total. The first-order valence-electron chi connectivity index (χ1n) is 9.23. The highest BCUT2D eigenvalue weighted by molar-refractivity contribution is 6.30. The zero-order chi connectivity index (χ0) is 22.9. The van der Waals surface area contributed by atoms with Gasteiger partial charge >= 0.3 is 12.4 Å². The summed E-state index contributed by atoms with van der Waals surface area (Å²) in [6.45, 7) is 1.81. The third-order valence-electron chi connectivity index (χ3n) is 4.41. The molecule has 0 saturated carbocycles. The molecule has 0 radical (unpaired) electrons. The molecule has 1 unspecified atom stereocenters. The minimum Gasteiger partial charge on any atom is -0.406 e. The number of aromatic nitrogens is 4. The van der Waals surface area contributed by atoms with Gasteiger partial charge in [0, 0.05) is 16.3 Å². The van der Waals surface area contributed by atoms with E-state index in [0.29, 0.717) is 16.6 Å². The van der Waals surface area contributed by atoms with Crippen LogP contribution < -0.4 is 10.1 Å². The van der Waals surface area contributed by atoms with Crippen LogP contribution in [0.4, 0.5) is 23.7 Å². The lowest BCUT2D eigenvalue weighted by Gasteiger charge is -2.15. The number of tetrazole rings is 1. The van der Waals surface area contributed by atoms with E-state index in [-0.39, 0.29) is 12.2 Å². The van der Waals surface area contributed by atoms with Gasteiger partial charge in [-0.3, -0.25) is 0 Å². The van der Waals surface area contributed by atoms with Gasteiger partial charge in [-0.05, 0) is 48.5 Å². The van der Waals surface area contributed by atoms with Gasteiger partial charge in [0.25, 0.3) is 0 Å². The van der Waals surface area contributed by atoms with Crippen LogP contribution in [0, 0.1) is 6.92 Å². The zero-order valence-corrected chi connectivity index (χ0v) is 17.2. The topological polar surface area (TPSA) is 97.5 Å². The molecule has 0 saturated heterocycles. The predicted octanol–water partition coefficient (Wildman–Crippen LogP) is 4.03. The maximum Gasteiger partial charge on any atom is 0.573 e. The standard InChI is InChI=1S/C19H15ClF3N7O2/c1-11-25-28-30(26-11)16-10-29(27-17(16)12-2-4-13(20)5-3-12)18(31)24-14-6-8-15(9-7-14)32-19(21,22)23/h2-9,16H,10H2,1H3,(H,24,31). The van der Waals surface area contributed by atoms with E-state index < -0.39 is 24.2 Å². The lowest BCUT2D eigenvalue weighted by molar-refractivity contribution is -0.274. The van der Waals surface area contributed by atoms with Crippen molar-refractivity contribution in [2.45, 2.75) is 19.3 Å². The summed E-state index contributed by atoms with van der Waals surface area (Å²) in [4.78, 5) is 14.1. The molecule has 32 heavy (non-hydrogen) atoms. The number of hydrogen-bond acceptors (Lipinski definition) is 6. The van der Waals surface area contributed by atoms with Gasteiger partial charge < -0.3 is 10.1 Å². The third kappa shape index (κ3) is 4.97. The minimum absolute atomic E-state index is 0.120. The lowest BCUT2D eigenvalue weighted by atomic mass is 10.0. The molecule has 1 aliphatic rings. The summed E-state index contributed by atoms with van der Waals surface area (Å²) < 4.78 is 40.7. The Morgan fingerprint density at radius 2 is 1.84 bits per heavy atom. The number of carbonyl (C=O) groups excluding carboxylic acids is 1. The molecule has 1 atom stereocenters. The molecule has 2 amide bonds. The van der Waals surface area contributed by atoms with Crippen LogP contribution >= 0.6 is 11.6 Å². The van der Waals surface area contributed by atoms with Crippen LogP contribution in [0.25, 0.3) is 0 Å². The summed E-state index contributed by atoms with van der Waals surface area (Å²) in [5.74, 6) is 0.0666. The van der Waals surface area contributed by atoms with Gasteiger partial charge in [0.15, 0.2) is 5.82 Å². The number of alkyl halides is 3. The Kier molecular flexibility index (Phi) is 5.70. The quantitative estimate of drug-likeness (QED) is 0.627. The number of carbonyl (C=O) groups is 1. The maximum absolute atomic E-state index is 12.8. The Labute approximate surface area is 184 Å². The van der Waals surface area contributed by atoms with E-state index in [1.165, 1.54) is 21.9 Å². The highest BCUT2D eigenvalue weighted by Gasteiger charge is 2.34. The molecule has 1 aromatic heterocycles. The molecule has 166 valence electrons. The number of rotatable bonds is 4. The number of aryl methyl sites for hydroxylation is 1. The Morgan fingerprint density at radius 1 is 1.16 bits per heavy atom. The predicted molar refractivity (Wildman–Crippen MR) is 108 cm³/mol. The van der Waals surface area contributed by atoms with Gasteiger partial charge in [-0.25, -0.2) is 9.80 Å². The van der Waals surface area contributed by atoms with Crippen molar-refractivity contribution in [3.63, 3.8) is 0 Å². The van der Waals surface area contributed by atoms with E-state index in [1.54, 1.807) is 31.2 Å². The summed E-state index contributed by atoms with van der Waals surface area (Å²) in [6, 6.07) is 10.6. The average molecular weight is 466 g/mol. The monoisotopic (exact) mass is 465 g/mol. The number of urea groups is 1. The highest BCUT2D eigenvalue weighted by Crippen LogP contribution is 2.26. The van der Waals surface area contributed by atoms with Crippen molar-refractivity contribution in [2.24, 2.45) is 5.10 Å². The molecule has 2 heterocycles. The fourth-order valence-electron chi connectivity index (χ4n) is 3.03. The van der Waals surface area contributed by atoms with E-state index in [2.05, 4.69) is 30.6 Å². The van der Waals surface area contributed by atoms with Crippen molar-refractivity contribution in [2.75, 3.05) is 11.9 Å². The van der Waals surface area contributed by atoms with Gasteiger partial charge in [-0.15, -0.1) is 23.4 Å². The minimum atomic E-state index is -4.80. The summed E-state index contributed by atoms with van der Waals surface area (Å²) in [7, 11) is 0. The average Bonchev–Trinajstić information content (AvgIpc) is 3.35. The van der Waals surface area contributed by atoms with Crippen molar-refractivity contribution >= 4 is 29.0 Å². The van der Waals surface area contributed by atoms with Crippen LogP contribution in [0.2, 0.25) is 5.02 Å². The van der Waals surface area contributed by atoms with E-state index >= 15 is 0 Å². The van der Waals surface area contributed by atoms with Gasteiger partial charge in [0.05, 0.1) is 12.3 Å². The lowest BCUT2D eigenvalue weighted by Crippen LogP contribution is -2.32. The van der Waals surface area contributed by atoms with Crippen molar-refractivity contribution in [1.29, 1.82) is 0 Å². The number of hydrogen-bond donors (Lipinski definition) is 1. The molecule has 2 aromatic carbocycles. The molecule has 0 fully saturated rings. The van der Waals surface area contributed by atoms with Crippen LogP contribution in [-0.2, 0) is 0 Å².